The Labute approximate surface area is 126 Å². The van der Waals surface area contributed by atoms with E-state index in [9.17, 15) is 0 Å². The number of hydrogen-bond acceptors (Lipinski definition) is 3. The first-order valence-corrected chi connectivity index (χ1v) is 8.17. The molecule has 0 bridgehead atoms. The van der Waals surface area contributed by atoms with Crippen LogP contribution in [-0.2, 0) is 6.42 Å². The maximum Gasteiger partial charge on any atom is 0.0973 e. The van der Waals surface area contributed by atoms with Crippen LogP contribution in [-0.4, -0.2) is 18.6 Å². The highest BCUT2D eigenvalue weighted by Crippen LogP contribution is 2.26. The van der Waals surface area contributed by atoms with E-state index < -0.39 is 0 Å². The summed E-state index contributed by atoms with van der Waals surface area (Å²) in [6, 6.07) is 8.84. The summed E-state index contributed by atoms with van der Waals surface area (Å²) in [5.41, 5.74) is 3.73. The molecule has 0 spiro atoms. The molecular weight excluding hydrogens is 264 g/mol. The summed E-state index contributed by atoms with van der Waals surface area (Å²) in [5, 5.41) is 6.58. The smallest absolute Gasteiger partial charge is 0.0973 e. The van der Waals surface area contributed by atoms with Crippen LogP contribution in [0.4, 0.5) is 0 Å². The Morgan fingerprint density at radius 2 is 1.85 bits per heavy atom. The molecule has 1 atom stereocenters. The summed E-state index contributed by atoms with van der Waals surface area (Å²) in [5.74, 6) is 1.17. The van der Waals surface area contributed by atoms with Gasteiger partial charge in [-0.25, -0.2) is 4.98 Å². The van der Waals surface area contributed by atoms with Crippen LogP contribution in [0.1, 0.15) is 37.3 Å². The molecule has 0 saturated heterocycles. The summed E-state index contributed by atoms with van der Waals surface area (Å²) in [4.78, 5) is 4.77. The molecule has 0 amide bonds. The number of nitrogens with one attached hydrogen (secondary N) is 1. The van der Waals surface area contributed by atoms with Gasteiger partial charge in [-0.1, -0.05) is 45.0 Å². The topological polar surface area (TPSA) is 24.9 Å². The van der Waals surface area contributed by atoms with Crippen molar-refractivity contribution < 1.29 is 0 Å². The van der Waals surface area contributed by atoms with Crippen molar-refractivity contribution in [3.8, 4) is 11.3 Å². The van der Waals surface area contributed by atoms with Crippen LogP contribution in [0.25, 0.3) is 11.3 Å². The minimum absolute atomic E-state index is 0.471. The fourth-order valence-corrected chi connectivity index (χ4v) is 3.21. The Morgan fingerprint density at radius 3 is 2.45 bits per heavy atom. The Bertz CT molecular complexity index is 528. The third-order valence-electron chi connectivity index (χ3n) is 3.35. The van der Waals surface area contributed by atoms with E-state index in [1.54, 1.807) is 11.3 Å². The number of hydrogen-bond donors (Lipinski definition) is 1. The van der Waals surface area contributed by atoms with E-state index in [0.29, 0.717) is 11.8 Å². The summed E-state index contributed by atoms with van der Waals surface area (Å²) in [6.45, 7) is 7.69. The van der Waals surface area contributed by atoms with Gasteiger partial charge in [-0.15, -0.1) is 11.3 Å². The maximum atomic E-state index is 4.77. The second-order valence-electron chi connectivity index (χ2n) is 5.82. The van der Waals surface area contributed by atoms with Gasteiger partial charge in [-0.3, -0.25) is 0 Å². The largest absolute Gasteiger partial charge is 0.319 e. The third kappa shape index (κ3) is 3.90. The van der Waals surface area contributed by atoms with E-state index in [4.69, 9.17) is 4.98 Å². The Morgan fingerprint density at radius 1 is 1.15 bits per heavy atom. The number of thiazole rings is 1. The number of likely N-dealkylation sites (N-methyl/N-ethyl adjacent to an activating group) is 1. The molecule has 108 valence electrons. The van der Waals surface area contributed by atoms with E-state index in [0.717, 1.165) is 18.7 Å². The van der Waals surface area contributed by atoms with Crippen LogP contribution in [0.15, 0.2) is 29.6 Å². The highest BCUT2D eigenvalue weighted by atomic mass is 32.1. The fourth-order valence-electron chi connectivity index (χ4n) is 2.32. The molecule has 2 rings (SSSR count). The predicted octanol–water partition coefficient (Wildman–Crippen LogP) is 4.33. The van der Waals surface area contributed by atoms with Crippen molar-refractivity contribution in [1.29, 1.82) is 0 Å². The second-order valence-corrected chi connectivity index (χ2v) is 6.71. The van der Waals surface area contributed by atoms with E-state index in [2.05, 4.69) is 55.7 Å². The number of benzene rings is 1. The van der Waals surface area contributed by atoms with Crippen LogP contribution in [0.3, 0.4) is 0 Å². The summed E-state index contributed by atoms with van der Waals surface area (Å²) in [7, 11) is 1.98. The molecule has 3 heteroatoms. The van der Waals surface area contributed by atoms with Crippen LogP contribution < -0.4 is 5.32 Å². The average Bonchev–Trinajstić information content (AvgIpc) is 2.89. The minimum atomic E-state index is 0.471. The molecule has 0 radical (unpaired) electrons. The molecule has 0 aliphatic heterocycles. The van der Waals surface area contributed by atoms with Crippen molar-refractivity contribution in [2.45, 2.75) is 33.1 Å². The van der Waals surface area contributed by atoms with Gasteiger partial charge < -0.3 is 5.32 Å². The Balaban J connectivity index is 2.11. The minimum Gasteiger partial charge on any atom is -0.319 e. The van der Waals surface area contributed by atoms with Crippen molar-refractivity contribution in [2.24, 2.45) is 5.92 Å². The van der Waals surface area contributed by atoms with Crippen LogP contribution in [0.5, 0.6) is 0 Å². The van der Waals surface area contributed by atoms with E-state index in [1.165, 1.54) is 16.1 Å². The van der Waals surface area contributed by atoms with Crippen LogP contribution in [0, 0.1) is 5.92 Å². The highest BCUT2D eigenvalue weighted by Gasteiger charge is 2.10. The molecule has 1 aromatic heterocycles. The quantitative estimate of drug-likeness (QED) is 0.855. The van der Waals surface area contributed by atoms with Gasteiger partial charge in [0.25, 0.3) is 0 Å². The van der Waals surface area contributed by atoms with Crippen LogP contribution in [0.2, 0.25) is 0 Å². The Hall–Kier alpha value is -1.19. The second kappa shape index (κ2) is 7.00. The Kier molecular flexibility index (Phi) is 5.32. The molecule has 0 fully saturated rings. The lowest BCUT2D eigenvalue weighted by atomic mass is 10.0. The monoisotopic (exact) mass is 288 g/mol. The van der Waals surface area contributed by atoms with Gasteiger partial charge in [0.1, 0.15) is 0 Å². The molecule has 20 heavy (non-hydrogen) atoms. The number of rotatable bonds is 6. The number of nitrogens with zero attached hydrogens (tertiary/aromatic N) is 1. The van der Waals surface area contributed by atoms with Gasteiger partial charge in [-0.2, -0.15) is 0 Å². The molecule has 0 saturated carbocycles. The van der Waals surface area contributed by atoms with Gasteiger partial charge in [0.2, 0.25) is 0 Å². The van der Waals surface area contributed by atoms with Gasteiger partial charge in [0.15, 0.2) is 0 Å². The van der Waals surface area contributed by atoms with Gasteiger partial charge in [-0.05, 0) is 24.9 Å². The van der Waals surface area contributed by atoms with Crippen LogP contribution >= 0.6 is 11.3 Å². The SMILES string of the molecule is CNCC(C)c1nc(-c2ccc(CC(C)C)cc2)cs1. The standard InChI is InChI=1S/C17H24N2S/c1-12(2)9-14-5-7-15(8-6-14)16-11-20-17(19-16)13(3)10-18-4/h5-8,11-13,18H,9-10H2,1-4H3. The lowest BCUT2D eigenvalue weighted by Gasteiger charge is -2.06. The first kappa shape index (κ1) is 15.2. The van der Waals surface area contributed by atoms with E-state index in [1.807, 2.05) is 7.05 Å². The van der Waals surface area contributed by atoms with Crippen molar-refractivity contribution in [3.05, 3.63) is 40.2 Å². The predicted molar refractivity (Wildman–Crippen MR) is 88.4 cm³/mol. The summed E-state index contributed by atoms with van der Waals surface area (Å²) < 4.78 is 0. The van der Waals surface area contributed by atoms with Crippen molar-refractivity contribution in [2.75, 3.05) is 13.6 Å². The lowest BCUT2D eigenvalue weighted by Crippen LogP contribution is -2.14. The van der Waals surface area contributed by atoms with Gasteiger partial charge in [0, 0.05) is 23.4 Å². The first-order valence-electron chi connectivity index (χ1n) is 7.29. The zero-order chi connectivity index (χ0) is 14.5. The molecule has 1 heterocycles. The summed E-state index contributed by atoms with van der Waals surface area (Å²) in [6.07, 6.45) is 1.14. The molecule has 0 aliphatic carbocycles. The molecule has 1 aromatic carbocycles. The zero-order valence-electron chi connectivity index (χ0n) is 12.8. The first-order chi connectivity index (χ1) is 9.60. The maximum absolute atomic E-state index is 4.77. The molecule has 2 nitrogen and oxygen atoms in total. The van der Waals surface area contributed by atoms with E-state index >= 15 is 0 Å². The van der Waals surface area contributed by atoms with Crippen molar-refractivity contribution in [1.82, 2.24) is 10.3 Å². The molecule has 0 aliphatic rings. The summed E-state index contributed by atoms with van der Waals surface area (Å²) >= 11 is 1.76. The molecule has 1 unspecified atom stereocenters. The third-order valence-corrected chi connectivity index (χ3v) is 4.42. The average molecular weight is 288 g/mol. The molecule has 1 N–H and O–H groups in total. The van der Waals surface area contributed by atoms with E-state index in [-0.39, 0.29) is 0 Å². The van der Waals surface area contributed by atoms with Crippen molar-refractivity contribution >= 4 is 11.3 Å². The fraction of sp³-hybridized carbons (Fsp3) is 0.471. The van der Waals surface area contributed by atoms with Gasteiger partial charge >= 0.3 is 0 Å². The molecule has 2 aromatic rings. The van der Waals surface area contributed by atoms with Crippen molar-refractivity contribution in [3.63, 3.8) is 0 Å². The highest BCUT2D eigenvalue weighted by molar-refractivity contribution is 7.10. The van der Waals surface area contributed by atoms with Gasteiger partial charge in [0.05, 0.1) is 10.7 Å². The lowest BCUT2D eigenvalue weighted by molar-refractivity contribution is 0.647. The zero-order valence-corrected chi connectivity index (χ0v) is 13.6. The number of aromatic nitrogens is 1. The normalized spacial score (nSPS) is 12.8. The molecular formula is C17H24N2S.